The molecule has 2 nitrogen and oxygen atoms in total. The Balaban J connectivity index is 2.18. The van der Waals surface area contributed by atoms with Gasteiger partial charge in [-0.3, -0.25) is 0 Å². The van der Waals surface area contributed by atoms with Crippen LogP contribution in [-0.2, 0) is 13.0 Å². The number of furan rings is 1. The molecule has 0 spiro atoms. The molecule has 0 saturated heterocycles. The lowest BCUT2D eigenvalue weighted by Crippen LogP contribution is -2.21. The first-order valence-corrected chi connectivity index (χ1v) is 6.61. The van der Waals surface area contributed by atoms with Crippen LogP contribution in [0.5, 0.6) is 0 Å². The Hall–Kier alpha value is -1.54. The maximum atomic E-state index is 5.90. The standard InChI is InChI=1S/C16H21NO/c1-4-13-7-5-6-8-15(13)16-10-9-14(18-16)11-17-12(2)3/h5-10,12,17H,4,11H2,1-3H3. The Morgan fingerprint density at radius 1 is 1.11 bits per heavy atom. The molecule has 1 aromatic carbocycles. The third-order valence-electron chi connectivity index (χ3n) is 3.01. The number of nitrogens with one attached hydrogen (secondary N) is 1. The second kappa shape index (κ2) is 5.87. The maximum Gasteiger partial charge on any atom is 0.134 e. The number of benzene rings is 1. The molecule has 2 heteroatoms. The van der Waals surface area contributed by atoms with E-state index < -0.39 is 0 Å². The molecule has 0 aliphatic rings. The minimum Gasteiger partial charge on any atom is -0.460 e. The molecule has 0 atom stereocenters. The van der Waals surface area contributed by atoms with E-state index in [0.29, 0.717) is 6.04 Å². The van der Waals surface area contributed by atoms with E-state index >= 15 is 0 Å². The lowest BCUT2D eigenvalue weighted by atomic mass is 10.0. The number of aryl methyl sites for hydroxylation is 1. The molecule has 0 unspecified atom stereocenters. The van der Waals surface area contributed by atoms with Crippen LogP contribution < -0.4 is 5.32 Å². The lowest BCUT2D eigenvalue weighted by Gasteiger charge is -2.06. The van der Waals surface area contributed by atoms with E-state index in [2.05, 4.69) is 62.5 Å². The van der Waals surface area contributed by atoms with E-state index in [4.69, 9.17) is 4.42 Å². The van der Waals surface area contributed by atoms with Crippen molar-refractivity contribution in [3.05, 3.63) is 47.7 Å². The van der Waals surface area contributed by atoms with Gasteiger partial charge in [0, 0.05) is 11.6 Å². The van der Waals surface area contributed by atoms with E-state index in [-0.39, 0.29) is 0 Å². The van der Waals surface area contributed by atoms with Crippen LogP contribution in [0.25, 0.3) is 11.3 Å². The molecule has 18 heavy (non-hydrogen) atoms. The summed E-state index contributed by atoms with van der Waals surface area (Å²) >= 11 is 0. The van der Waals surface area contributed by atoms with Crippen LogP contribution in [0.1, 0.15) is 32.1 Å². The van der Waals surface area contributed by atoms with Gasteiger partial charge in [0.05, 0.1) is 6.54 Å². The van der Waals surface area contributed by atoms with E-state index in [1.165, 1.54) is 11.1 Å². The summed E-state index contributed by atoms with van der Waals surface area (Å²) in [4.78, 5) is 0. The van der Waals surface area contributed by atoms with Gasteiger partial charge in [-0.25, -0.2) is 0 Å². The molecular weight excluding hydrogens is 222 g/mol. The van der Waals surface area contributed by atoms with Crippen molar-refractivity contribution in [3.63, 3.8) is 0 Å². The van der Waals surface area contributed by atoms with Crippen LogP contribution in [0.15, 0.2) is 40.8 Å². The van der Waals surface area contributed by atoms with Crippen LogP contribution in [-0.4, -0.2) is 6.04 Å². The Kier molecular flexibility index (Phi) is 4.21. The number of hydrogen-bond donors (Lipinski definition) is 1. The first-order chi connectivity index (χ1) is 8.70. The molecule has 0 aliphatic carbocycles. The maximum absolute atomic E-state index is 5.90. The van der Waals surface area contributed by atoms with Gasteiger partial charge in [-0.05, 0) is 24.1 Å². The normalized spacial score (nSPS) is 11.1. The third kappa shape index (κ3) is 3.02. The van der Waals surface area contributed by atoms with Crippen molar-refractivity contribution in [2.24, 2.45) is 0 Å². The molecule has 1 N–H and O–H groups in total. The predicted molar refractivity (Wildman–Crippen MR) is 75.5 cm³/mol. The topological polar surface area (TPSA) is 25.2 Å². The molecule has 2 aromatic rings. The molecular formula is C16H21NO. The Morgan fingerprint density at radius 3 is 2.61 bits per heavy atom. The van der Waals surface area contributed by atoms with E-state index in [1.807, 2.05) is 0 Å². The van der Waals surface area contributed by atoms with Crippen LogP contribution in [0, 0.1) is 0 Å². The van der Waals surface area contributed by atoms with E-state index in [1.54, 1.807) is 0 Å². The highest BCUT2D eigenvalue weighted by Crippen LogP contribution is 2.26. The first kappa shape index (κ1) is 12.9. The summed E-state index contributed by atoms with van der Waals surface area (Å²) in [5.41, 5.74) is 2.53. The van der Waals surface area contributed by atoms with Gasteiger partial charge in [-0.1, -0.05) is 45.0 Å². The van der Waals surface area contributed by atoms with Crippen molar-refractivity contribution in [2.75, 3.05) is 0 Å². The Bertz CT molecular complexity index is 499. The molecule has 2 rings (SSSR count). The van der Waals surface area contributed by atoms with Gasteiger partial charge in [0.2, 0.25) is 0 Å². The van der Waals surface area contributed by atoms with Crippen LogP contribution in [0.3, 0.4) is 0 Å². The molecule has 0 saturated carbocycles. The molecule has 0 bridgehead atoms. The second-order valence-electron chi connectivity index (χ2n) is 4.81. The summed E-state index contributed by atoms with van der Waals surface area (Å²) in [6.07, 6.45) is 1.02. The molecule has 0 aliphatic heterocycles. The quantitative estimate of drug-likeness (QED) is 0.858. The molecule has 96 valence electrons. The zero-order chi connectivity index (χ0) is 13.0. The average molecular weight is 243 g/mol. The second-order valence-corrected chi connectivity index (χ2v) is 4.81. The largest absolute Gasteiger partial charge is 0.460 e. The van der Waals surface area contributed by atoms with Gasteiger partial charge in [-0.15, -0.1) is 0 Å². The van der Waals surface area contributed by atoms with E-state index in [9.17, 15) is 0 Å². The fraction of sp³-hybridized carbons (Fsp3) is 0.375. The van der Waals surface area contributed by atoms with Gasteiger partial charge in [0.1, 0.15) is 11.5 Å². The summed E-state index contributed by atoms with van der Waals surface area (Å²) in [7, 11) is 0. The molecule has 0 fully saturated rings. The van der Waals surface area contributed by atoms with Crippen LogP contribution in [0.4, 0.5) is 0 Å². The van der Waals surface area contributed by atoms with Crippen molar-refractivity contribution in [1.29, 1.82) is 0 Å². The molecule has 1 heterocycles. The van der Waals surface area contributed by atoms with Gasteiger partial charge < -0.3 is 9.73 Å². The highest BCUT2D eigenvalue weighted by Gasteiger charge is 2.08. The van der Waals surface area contributed by atoms with Crippen molar-refractivity contribution < 1.29 is 4.42 Å². The van der Waals surface area contributed by atoms with Gasteiger partial charge in [0.25, 0.3) is 0 Å². The average Bonchev–Trinajstić information content (AvgIpc) is 2.85. The van der Waals surface area contributed by atoms with Crippen LogP contribution in [0.2, 0.25) is 0 Å². The smallest absolute Gasteiger partial charge is 0.134 e. The van der Waals surface area contributed by atoms with Crippen molar-refractivity contribution in [2.45, 2.75) is 39.8 Å². The minimum atomic E-state index is 0.474. The fourth-order valence-electron chi connectivity index (χ4n) is 1.99. The minimum absolute atomic E-state index is 0.474. The monoisotopic (exact) mass is 243 g/mol. The Morgan fingerprint density at radius 2 is 1.89 bits per heavy atom. The van der Waals surface area contributed by atoms with Gasteiger partial charge in [-0.2, -0.15) is 0 Å². The first-order valence-electron chi connectivity index (χ1n) is 6.61. The lowest BCUT2D eigenvalue weighted by molar-refractivity contribution is 0.473. The van der Waals surface area contributed by atoms with Crippen molar-refractivity contribution >= 4 is 0 Å². The summed E-state index contributed by atoms with van der Waals surface area (Å²) in [6, 6.07) is 13.0. The van der Waals surface area contributed by atoms with Gasteiger partial charge in [0.15, 0.2) is 0 Å². The molecule has 0 amide bonds. The summed E-state index contributed by atoms with van der Waals surface area (Å²) in [5, 5.41) is 3.36. The highest BCUT2D eigenvalue weighted by atomic mass is 16.3. The number of hydrogen-bond acceptors (Lipinski definition) is 2. The van der Waals surface area contributed by atoms with Gasteiger partial charge >= 0.3 is 0 Å². The summed E-state index contributed by atoms with van der Waals surface area (Å²) in [6.45, 7) is 7.22. The highest BCUT2D eigenvalue weighted by molar-refractivity contribution is 5.62. The van der Waals surface area contributed by atoms with Crippen molar-refractivity contribution in [3.8, 4) is 11.3 Å². The predicted octanol–water partition coefficient (Wildman–Crippen LogP) is 4.01. The summed E-state index contributed by atoms with van der Waals surface area (Å²) < 4.78 is 5.90. The summed E-state index contributed by atoms with van der Waals surface area (Å²) in [5.74, 6) is 1.96. The number of rotatable bonds is 5. The van der Waals surface area contributed by atoms with Crippen LogP contribution >= 0.6 is 0 Å². The third-order valence-corrected chi connectivity index (χ3v) is 3.01. The molecule has 0 radical (unpaired) electrons. The van der Waals surface area contributed by atoms with E-state index in [0.717, 1.165) is 24.5 Å². The fourth-order valence-corrected chi connectivity index (χ4v) is 1.99. The SMILES string of the molecule is CCc1ccccc1-c1ccc(CNC(C)C)o1. The molecule has 1 aromatic heterocycles. The zero-order valence-electron chi connectivity index (χ0n) is 11.4. The zero-order valence-corrected chi connectivity index (χ0v) is 11.4. The Labute approximate surface area is 109 Å². The van der Waals surface area contributed by atoms with Crippen molar-refractivity contribution in [1.82, 2.24) is 5.32 Å².